The van der Waals surface area contributed by atoms with E-state index in [-0.39, 0.29) is 0 Å². The van der Waals surface area contributed by atoms with Crippen LogP contribution in [0, 0.1) is 13.8 Å². The van der Waals surface area contributed by atoms with Gasteiger partial charge in [0.05, 0.1) is 6.61 Å². The summed E-state index contributed by atoms with van der Waals surface area (Å²) in [6.07, 6.45) is 1.02. The summed E-state index contributed by atoms with van der Waals surface area (Å²) >= 11 is 6.36. The van der Waals surface area contributed by atoms with Gasteiger partial charge in [-0.25, -0.2) is 0 Å². The largest absolute Gasteiger partial charge is 0.493 e. The highest BCUT2D eigenvalue weighted by molar-refractivity contribution is 6.31. The molecule has 1 fully saturated rings. The molecule has 4 heteroatoms. The molecule has 1 aromatic rings. The maximum atomic E-state index is 6.36. The van der Waals surface area contributed by atoms with Crippen LogP contribution in [-0.2, 0) is 6.54 Å². The third kappa shape index (κ3) is 3.66. The Morgan fingerprint density at radius 3 is 2.65 bits per heavy atom. The van der Waals surface area contributed by atoms with E-state index in [1.807, 2.05) is 6.07 Å². The van der Waals surface area contributed by atoms with Crippen LogP contribution in [0.3, 0.4) is 0 Å². The van der Waals surface area contributed by atoms with Crippen molar-refractivity contribution < 1.29 is 4.74 Å². The average molecular weight is 297 g/mol. The molecule has 2 rings (SSSR count). The van der Waals surface area contributed by atoms with E-state index in [9.17, 15) is 0 Å². The maximum absolute atomic E-state index is 6.36. The van der Waals surface area contributed by atoms with Gasteiger partial charge in [0.25, 0.3) is 0 Å². The Morgan fingerprint density at radius 1 is 1.30 bits per heavy atom. The second kappa shape index (κ2) is 7.30. The number of hydrogen-bond donors (Lipinski definition) is 1. The summed E-state index contributed by atoms with van der Waals surface area (Å²) in [5, 5.41) is 4.23. The first-order valence-electron chi connectivity index (χ1n) is 7.48. The molecule has 3 nitrogen and oxygen atoms in total. The number of nitrogens with zero attached hydrogens (tertiary/aromatic N) is 1. The quantitative estimate of drug-likeness (QED) is 0.903. The molecule has 1 N–H and O–H groups in total. The van der Waals surface area contributed by atoms with Crippen LogP contribution < -0.4 is 10.1 Å². The molecule has 0 spiro atoms. The third-order valence-corrected chi connectivity index (χ3v) is 4.22. The van der Waals surface area contributed by atoms with Crippen LogP contribution in [0.4, 0.5) is 0 Å². The van der Waals surface area contributed by atoms with E-state index in [0.29, 0.717) is 0 Å². The van der Waals surface area contributed by atoms with Crippen LogP contribution in [0.15, 0.2) is 6.07 Å². The van der Waals surface area contributed by atoms with Crippen LogP contribution in [0.1, 0.15) is 30.0 Å². The van der Waals surface area contributed by atoms with Gasteiger partial charge in [0.2, 0.25) is 0 Å². The van der Waals surface area contributed by atoms with Crippen molar-refractivity contribution in [2.45, 2.75) is 33.7 Å². The first kappa shape index (κ1) is 15.6. The number of rotatable bonds is 5. The van der Waals surface area contributed by atoms with Crippen LogP contribution in [0.5, 0.6) is 5.75 Å². The molecular weight excluding hydrogens is 272 g/mol. The Morgan fingerprint density at radius 2 is 2.00 bits per heavy atom. The molecule has 0 saturated carbocycles. The summed E-state index contributed by atoms with van der Waals surface area (Å²) < 4.78 is 5.99. The molecule has 1 aliphatic rings. The Balaban J connectivity index is 2.26. The van der Waals surface area contributed by atoms with Gasteiger partial charge in [-0.15, -0.1) is 0 Å². The summed E-state index contributed by atoms with van der Waals surface area (Å²) in [5.41, 5.74) is 3.55. The van der Waals surface area contributed by atoms with Gasteiger partial charge in [-0.05, 0) is 37.5 Å². The predicted molar refractivity (Wildman–Crippen MR) is 84.9 cm³/mol. The van der Waals surface area contributed by atoms with Crippen molar-refractivity contribution in [1.82, 2.24) is 10.2 Å². The van der Waals surface area contributed by atoms with Crippen LogP contribution in [0.2, 0.25) is 5.02 Å². The van der Waals surface area contributed by atoms with Crippen molar-refractivity contribution in [1.29, 1.82) is 0 Å². The molecule has 0 atom stereocenters. The lowest BCUT2D eigenvalue weighted by atomic mass is 10.0. The highest BCUT2D eigenvalue weighted by Crippen LogP contribution is 2.33. The number of piperazine rings is 1. The van der Waals surface area contributed by atoms with E-state index in [4.69, 9.17) is 16.3 Å². The molecule has 0 unspecified atom stereocenters. The standard InChI is InChI=1S/C16H25ClN2O/c1-4-9-20-16-12(2)10-15(17)13(3)14(16)11-19-7-5-18-6-8-19/h10,18H,4-9,11H2,1-3H3. The Bertz CT molecular complexity index is 456. The zero-order chi connectivity index (χ0) is 14.5. The lowest BCUT2D eigenvalue weighted by Crippen LogP contribution is -2.43. The van der Waals surface area contributed by atoms with E-state index in [0.717, 1.165) is 67.7 Å². The van der Waals surface area contributed by atoms with Gasteiger partial charge in [0.1, 0.15) is 5.75 Å². The third-order valence-electron chi connectivity index (χ3n) is 3.83. The van der Waals surface area contributed by atoms with Gasteiger partial charge < -0.3 is 10.1 Å². The molecule has 1 heterocycles. The minimum Gasteiger partial charge on any atom is -0.493 e. The second-order valence-electron chi connectivity index (χ2n) is 5.48. The molecule has 0 amide bonds. The van der Waals surface area contributed by atoms with Crippen LogP contribution >= 0.6 is 11.6 Å². The van der Waals surface area contributed by atoms with Gasteiger partial charge in [-0.1, -0.05) is 18.5 Å². The van der Waals surface area contributed by atoms with Crippen LogP contribution in [0.25, 0.3) is 0 Å². The SMILES string of the molecule is CCCOc1c(C)cc(Cl)c(C)c1CN1CCNCC1. The lowest BCUT2D eigenvalue weighted by molar-refractivity contribution is 0.226. The highest BCUT2D eigenvalue weighted by Gasteiger charge is 2.18. The molecule has 0 radical (unpaired) electrons. The first-order chi connectivity index (χ1) is 9.63. The zero-order valence-electron chi connectivity index (χ0n) is 12.8. The normalized spacial score (nSPS) is 16.4. The van der Waals surface area contributed by atoms with E-state index in [1.54, 1.807) is 0 Å². The van der Waals surface area contributed by atoms with Gasteiger partial charge in [-0.2, -0.15) is 0 Å². The summed E-state index contributed by atoms with van der Waals surface area (Å²) in [7, 11) is 0. The monoisotopic (exact) mass is 296 g/mol. The molecule has 0 bridgehead atoms. The fraction of sp³-hybridized carbons (Fsp3) is 0.625. The Hall–Kier alpha value is -0.770. The minimum absolute atomic E-state index is 0.760. The van der Waals surface area contributed by atoms with Crippen molar-refractivity contribution in [2.24, 2.45) is 0 Å². The fourth-order valence-electron chi connectivity index (χ4n) is 2.60. The Labute approximate surface area is 127 Å². The van der Waals surface area contributed by atoms with E-state index >= 15 is 0 Å². The zero-order valence-corrected chi connectivity index (χ0v) is 13.5. The molecule has 1 aromatic carbocycles. The number of aryl methyl sites for hydroxylation is 1. The fourth-order valence-corrected chi connectivity index (χ4v) is 2.88. The van der Waals surface area contributed by atoms with Gasteiger partial charge in [0.15, 0.2) is 0 Å². The summed E-state index contributed by atoms with van der Waals surface area (Å²) in [4.78, 5) is 2.47. The smallest absolute Gasteiger partial charge is 0.127 e. The number of nitrogens with one attached hydrogen (secondary N) is 1. The highest BCUT2D eigenvalue weighted by atomic mass is 35.5. The van der Waals surface area contributed by atoms with Crippen molar-refractivity contribution in [2.75, 3.05) is 32.8 Å². The molecular formula is C16H25ClN2O. The van der Waals surface area contributed by atoms with E-state index in [1.165, 1.54) is 5.56 Å². The molecule has 0 aromatic heterocycles. The van der Waals surface area contributed by atoms with Gasteiger partial charge in [-0.3, -0.25) is 4.90 Å². The first-order valence-corrected chi connectivity index (χ1v) is 7.85. The number of halogens is 1. The maximum Gasteiger partial charge on any atom is 0.127 e. The van der Waals surface area contributed by atoms with Crippen molar-refractivity contribution in [3.05, 3.63) is 27.8 Å². The van der Waals surface area contributed by atoms with Crippen LogP contribution in [-0.4, -0.2) is 37.7 Å². The summed E-state index contributed by atoms with van der Waals surface area (Å²) in [6.45, 7) is 12.3. The van der Waals surface area contributed by atoms with E-state index in [2.05, 4.69) is 31.0 Å². The molecule has 112 valence electrons. The average Bonchev–Trinajstić information content (AvgIpc) is 2.45. The van der Waals surface area contributed by atoms with Gasteiger partial charge in [0, 0.05) is 43.3 Å². The Kier molecular flexibility index (Phi) is 5.70. The number of benzene rings is 1. The topological polar surface area (TPSA) is 24.5 Å². The molecule has 1 aliphatic heterocycles. The molecule has 1 saturated heterocycles. The number of ether oxygens (including phenoxy) is 1. The van der Waals surface area contributed by atoms with E-state index < -0.39 is 0 Å². The lowest BCUT2D eigenvalue weighted by Gasteiger charge is -2.29. The predicted octanol–water partition coefficient (Wildman–Crippen LogP) is 3.15. The molecule has 0 aliphatic carbocycles. The van der Waals surface area contributed by atoms with Crippen molar-refractivity contribution in [3.63, 3.8) is 0 Å². The minimum atomic E-state index is 0.760. The summed E-state index contributed by atoms with van der Waals surface area (Å²) in [6, 6.07) is 2.02. The summed E-state index contributed by atoms with van der Waals surface area (Å²) in [5.74, 6) is 1.03. The second-order valence-corrected chi connectivity index (χ2v) is 5.89. The van der Waals surface area contributed by atoms with Gasteiger partial charge >= 0.3 is 0 Å². The molecule has 20 heavy (non-hydrogen) atoms. The van der Waals surface area contributed by atoms with Crippen molar-refractivity contribution >= 4 is 11.6 Å². The number of hydrogen-bond acceptors (Lipinski definition) is 3. The van der Waals surface area contributed by atoms with Crippen molar-refractivity contribution in [3.8, 4) is 5.75 Å².